The normalized spacial score (nSPS) is 12.3. The minimum absolute atomic E-state index is 0.0763. The number of thiophene rings is 2. The lowest BCUT2D eigenvalue weighted by atomic mass is 10.1. The SMILES string of the molecule is Fc1ccc(Br)cc1NC(Cc1cccs1)c1cccs1. The Balaban J connectivity index is 1.87. The van der Waals surface area contributed by atoms with Crippen molar-refractivity contribution in [1.29, 1.82) is 0 Å². The maximum absolute atomic E-state index is 14.0. The van der Waals surface area contributed by atoms with Crippen LogP contribution in [0.25, 0.3) is 0 Å². The number of hydrogen-bond donors (Lipinski definition) is 1. The largest absolute Gasteiger partial charge is 0.375 e. The van der Waals surface area contributed by atoms with Crippen LogP contribution < -0.4 is 5.32 Å². The predicted octanol–water partition coefficient (Wildman–Crippen LogP) is 6.11. The predicted molar refractivity (Wildman–Crippen MR) is 92.8 cm³/mol. The van der Waals surface area contributed by atoms with Crippen molar-refractivity contribution in [3.63, 3.8) is 0 Å². The molecule has 0 aliphatic heterocycles. The summed E-state index contributed by atoms with van der Waals surface area (Å²) in [5, 5.41) is 7.46. The Hall–Kier alpha value is -1.17. The quantitative estimate of drug-likeness (QED) is 0.562. The van der Waals surface area contributed by atoms with Crippen LogP contribution in [-0.4, -0.2) is 0 Å². The third kappa shape index (κ3) is 3.73. The fourth-order valence-corrected chi connectivity index (χ4v) is 4.03. The zero-order valence-electron chi connectivity index (χ0n) is 11.1. The molecule has 1 N–H and O–H groups in total. The lowest BCUT2D eigenvalue weighted by Crippen LogP contribution is -2.13. The molecule has 0 saturated heterocycles. The van der Waals surface area contributed by atoms with Gasteiger partial charge in [-0.1, -0.05) is 28.1 Å². The van der Waals surface area contributed by atoms with Gasteiger partial charge in [0.1, 0.15) is 5.82 Å². The van der Waals surface area contributed by atoms with Crippen LogP contribution >= 0.6 is 38.6 Å². The van der Waals surface area contributed by atoms with Crippen LogP contribution in [0.5, 0.6) is 0 Å². The maximum atomic E-state index is 14.0. The fraction of sp³-hybridized carbons (Fsp3) is 0.125. The van der Waals surface area contributed by atoms with E-state index >= 15 is 0 Å². The van der Waals surface area contributed by atoms with Crippen molar-refractivity contribution < 1.29 is 4.39 Å². The summed E-state index contributed by atoms with van der Waals surface area (Å²) in [4.78, 5) is 2.50. The molecule has 1 unspecified atom stereocenters. The van der Waals surface area contributed by atoms with Crippen molar-refractivity contribution in [2.24, 2.45) is 0 Å². The van der Waals surface area contributed by atoms with E-state index in [-0.39, 0.29) is 11.9 Å². The van der Waals surface area contributed by atoms with Crippen LogP contribution in [0.15, 0.2) is 57.7 Å². The molecule has 0 spiro atoms. The number of anilines is 1. The molecule has 3 aromatic rings. The summed E-state index contributed by atoms with van der Waals surface area (Å²) in [6.07, 6.45) is 0.851. The van der Waals surface area contributed by atoms with Gasteiger partial charge in [-0.05, 0) is 41.1 Å². The van der Waals surface area contributed by atoms with Crippen molar-refractivity contribution in [2.75, 3.05) is 5.32 Å². The van der Waals surface area contributed by atoms with Crippen LogP contribution in [0.1, 0.15) is 15.8 Å². The van der Waals surface area contributed by atoms with Crippen LogP contribution in [0.4, 0.5) is 10.1 Å². The monoisotopic (exact) mass is 381 g/mol. The third-order valence-corrected chi connectivity index (χ3v) is 5.51. The second-order valence-corrected chi connectivity index (χ2v) is 7.55. The molecule has 2 aromatic heterocycles. The minimum atomic E-state index is -0.231. The van der Waals surface area contributed by atoms with E-state index in [2.05, 4.69) is 44.1 Å². The van der Waals surface area contributed by atoms with Crippen LogP contribution in [0.2, 0.25) is 0 Å². The Morgan fingerprint density at radius 2 is 1.90 bits per heavy atom. The Kier molecular flexibility index (Phi) is 4.73. The van der Waals surface area contributed by atoms with E-state index in [1.165, 1.54) is 15.8 Å². The van der Waals surface area contributed by atoms with Gasteiger partial charge in [-0.25, -0.2) is 4.39 Å². The molecule has 108 valence electrons. The fourth-order valence-electron chi connectivity index (χ4n) is 2.14. The van der Waals surface area contributed by atoms with Gasteiger partial charge >= 0.3 is 0 Å². The van der Waals surface area contributed by atoms with Crippen LogP contribution in [0.3, 0.4) is 0 Å². The summed E-state index contributed by atoms with van der Waals surface area (Å²) in [7, 11) is 0. The first-order chi connectivity index (χ1) is 10.2. The van der Waals surface area contributed by atoms with Gasteiger partial charge in [0.2, 0.25) is 0 Å². The second-order valence-electron chi connectivity index (χ2n) is 4.62. The van der Waals surface area contributed by atoms with E-state index in [1.54, 1.807) is 34.8 Å². The van der Waals surface area contributed by atoms with Crippen molar-refractivity contribution >= 4 is 44.3 Å². The molecule has 0 saturated carbocycles. The van der Waals surface area contributed by atoms with E-state index in [0.29, 0.717) is 5.69 Å². The standard InChI is InChI=1S/C16H13BrFNS2/c17-11-5-6-13(18)14(9-11)19-15(16-4-2-8-21-16)10-12-3-1-7-20-12/h1-9,15,19H,10H2. The summed E-state index contributed by atoms with van der Waals surface area (Å²) in [5.41, 5.74) is 0.527. The smallest absolute Gasteiger partial charge is 0.146 e. The molecule has 1 nitrogen and oxygen atoms in total. The first kappa shape index (κ1) is 14.8. The Morgan fingerprint density at radius 1 is 1.10 bits per heavy atom. The molecule has 0 aliphatic carbocycles. The maximum Gasteiger partial charge on any atom is 0.146 e. The Morgan fingerprint density at radius 3 is 2.62 bits per heavy atom. The molecule has 5 heteroatoms. The van der Waals surface area contributed by atoms with Crippen LogP contribution in [0, 0.1) is 5.82 Å². The Labute approximate surface area is 139 Å². The van der Waals surface area contributed by atoms with Gasteiger partial charge in [0, 0.05) is 20.6 Å². The average molecular weight is 382 g/mol. The molecule has 0 radical (unpaired) electrons. The number of halogens is 2. The number of nitrogens with one attached hydrogen (secondary N) is 1. The molecular formula is C16H13BrFNS2. The van der Waals surface area contributed by atoms with Gasteiger partial charge in [0.05, 0.1) is 11.7 Å². The molecule has 0 amide bonds. The van der Waals surface area contributed by atoms with E-state index in [1.807, 2.05) is 12.1 Å². The molecule has 2 heterocycles. The van der Waals surface area contributed by atoms with Crippen molar-refractivity contribution in [3.05, 3.63) is 73.3 Å². The highest BCUT2D eigenvalue weighted by molar-refractivity contribution is 9.10. The first-order valence-corrected chi connectivity index (χ1v) is 9.05. The summed E-state index contributed by atoms with van der Waals surface area (Å²) < 4.78 is 14.8. The van der Waals surface area contributed by atoms with Crippen molar-refractivity contribution in [2.45, 2.75) is 12.5 Å². The zero-order valence-corrected chi connectivity index (χ0v) is 14.3. The van der Waals surface area contributed by atoms with Gasteiger partial charge in [0.25, 0.3) is 0 Å². The van der Waals surface area contributed by atoms with Crippen LogP contribution in [-0.2, 0) is 6.42 Å². The molecule has 3 rings (SSSR count). The highest BCUT2D eigenvalue weighted by atomic mass is 79.9. The van der Waals surface area contributed by atoms with E-state index in [4.69, 9.17) is 0 Å². The lowest BCUT2D eigenvalue weighted by Gasteiger charge is -2.19. The van der Waals surface area contributed by atoms with Gasteiger partial charge in [-0.15, -0.1) is 22.7 Å². The highest BCUT2D eigenvalue weighted by Gasteiger charge is 2.16. The Bertz CT molecular complexity index is 695. The number of benzene rings is 1. The molecular weight excluding hydrogens is 369 g/mol. The van der Waals surface area contributed by atoms with Gasteiger partial charge in [0.15, 0.2) is 0 Å². The summed E-state index contributed by atoms with van der Waals surface area (Å²) in [5.74, 6) is -0.231. The molecule has 1 atom stereocenters. The molecule has 0 fully saturated rings. The van der Waals surface area contributed by atoms with Gasteiger partial charge < -0.3 is 5.32 Å². The van der Waals surface area contributed by atoms with Crippen molar-refractivity contribution in [1.82, 2.24) is 0 Å². The van der Waals surface area contributed by atoms with E-state index in [0.717, 1.165) is 10.9 Å². The highest BCUT2D eigenvalue weighted by Crippen LogP contribution is 2.30. The average Bonchev–Trinajstić information content (AvgIpc) is 3.14. The topological polar surface area (TPSA) is 12.0 Å². The van der Waals surface area contributed by atoms with Gasteiger partial charge in [-0.3, -0.25) is 0 Å². The van der Waals surface area contributed by atoms with E-state index in [9.17, 15) is 4.39 Å². The first-order valence-electron chi connectivity index (χ1n) is 6.50. The van der Waals surface area contributed by atoms with Crippen molar-refractivity contribution in [3.8, 4) is 0 Å². The minimum Gasteiger partial charge on any atom is -0.375 e. The van der Waals surface area contributed by atoms with E-state index < -0.39 is 0 Å². The summed E-state index contributed by atoms with van der Waals surface area (Å²) in [6.45, 7) is 0. The number of hydrogen-bond acceptors (Lipinski definition) is 3. The number of rotatable bonds is 5. The summed E-state index contributed by atoms with van der Waals surface area (Å²) >= 11 is 6.81. The third-order valence-electron chi connectivity index (χ3n) is 3.13. The molecule has 21 heavy (non-hydrogen) atoms. The second kappa shape index (κ2) is 6.73. The van der Waals surface area contributed by atoms with Gasteiger partial charge in [-0.2, -0.15) is 0 Å². The molecule has 0 aliphatic rings. The lowest BCUT2D eigenvalue weighted by molar-refractivity contribution is 0.625. The zero-order chi connectivity index (χ0) is 14.7. The molecule has 0 bridgehead atoms. The molecule has 1 aromatic carbocycles. The summed E-state index contributed by atoms with van der Waals surface area (Å²) in [6, 6.07) is 13.3.